The SMILES string of the molecule is C=C(N)NCC(F)(F)C(=O)O. The summed E-state index contributed by atoms with van der Waals surface area (Å²) >= 11 is 0. The molecule has 0 atom stereocenters. The van der Waals surface area contributed by atoms with Crippen LogP contribution in [-0.2, 0) is 4.79 Å². The number of alkyl halides is 2. The molecule has 0 aliphatic rings. The summed E-state index contributed by atoms with van der Waals surface area (Å²) in [6, 6.07) is 0. The number of carboxylic acid groups (broad SMARTS) is 1. The van der Waals surface area contributed by atoms with Gasteiger partial charge in [-0.1, -0.05) is 6.58 Å². The number of hydrogen-bond donors (Lipinski definition) is 3. The van der Waals surface area contributed by atoms with Crippen molar-refractivity contribution in [1.29, 1.82) is 0 Å². The van der Waals surface area contributed by atoms with Crippen molar-refractivity contribution in [1.82, 2.24) is 5.32 Å². The van der Waals surface area contributed by atoms with Crippen LogP contribution >= 0.6 is 0 Å². The molecule has 0 fully saturated rings. The highest BCUT2D eigenvalue weighted by atomic mass is 19.3. The van der Waals surface area contributed by atoms with Gasteiger partial charge in [0, 0.05) is 0 Å². The van der Waals surface area contributed by atoms with E-state index in [1.807, 2.05) is 5.32 Å². The van der Waals surface area contributed by atoms with Crippen LogP contribution in [0.4, 0.5) is 8.78 Å². The Morgan fingerprint density at radius 1 is 1.73 bits per heavy atom. The smallest absolute Gasteiger partial charge is 0.376 e. The quantitative estimate of drug-likeness (QED) is 0.537. The van der Waals surface area contributed by atoms with Crippen molar-refractivity contribution in [3.8, 4) is 0 Å². The number of nitrogens with one attached hydrogen (secondary N) is 1. The van der Waals surface area contributed by atoms with Crippen molar-refractivity contribution < 1.29 is 18.7 Å². The molecule has 0 bridgehead atoms. The van der Waals surface area contributed by atoms with Crippen molar-refractivity contribution in [3.63, 3.8) is 0 Å². The van der Waals surface area contributed by atoms with E-state index in [-0.39, 0.29) is 5.82 Å². The fourth-order valence-corrected chi connectivity index (χ4v) is 0.300. The van der Waals surface area contributed by atoms with Crippen LogP contribution in [0.25, 0.3) is 0 Å². The van der Waals surface area contributed by atoms with Crippen molar-refractivity contribution in [3.05, 3.63) is 12.4 Å². The first-order chi connectivity index (χ1) is 4.86. The lowest BCUT2D eigenvalue weighted by Gasteiger charge is -2.11. The molecular weight excluding hydrogens is 158 g/mol. The molecule has 11 heavy (non-hydrogen) atoms. The third-order valence-corrected chi connectivity index (χ3v) is 0.850. The molecule has 64 valence electrons. The fourth-order valence-electron chi connectivity index (χ4n) is 0.300. The van der Waals surface area contributed by atoms with Crippen molar-refractivity contribution >= 4 is 5.97 Å². The van der Waals surface area contributed by atoms with Gasteiger partial charge < -0.3 is 16.2 Å². The molecule has 0 saturated heterocycles. The van der Waals surface area contributed by atoms with E-state index < -0.39 is 18.4 Å². The van der Waals surface area contributed by atoms with Gasteiger partial charge in [-0.25, -0.2) is 4.79 Å². The van der Waals surface area contributed by atoms with Gasteiger partial charge in [0.2, 0.25) is 0 Å². The highest BCUT2D eigenvalue weighted by molar-refractivity contribution is 5.75. The maximum absolute atomic E-state index is 12.1. The van der Waals surface area contributed by atoms with Gasteiger partial charge in [-0.2, -0.15) is 8.78 Å². The molecule has 6 heteroatoms. The summed E-state index contributed by atoms with van der Waals surface area (Å²) in [5.74, 6) is -6.18. The third kappa shape index (κ3) is 3.39. The topological polar surface area (TPSA) is 75.3 Å². The van der Waals surface area contributed by atoms with E-state index in [2.05, 4.69) is 6.58 Å². The van der Waals surface area contributed by atoms with Crippen molar-refractivity contribution in [2.75, 3.05) is 6.54 Å². The van der Waals surface area contributed by atoms with Crippen LogP contribution < -0.4 is 11.1 Å². The molecule has 0 heterocycles. The van der Waals surface area contributed by atoms with Crippen LogP contribution in [0.1, 0.15) is 0 Å². The molecule has 0 unspecified atom stereocenters. The molecule has 0 aromatic heterocycles. The van der Waals surface area contributed by atoms with Gasteiger partial charge in [-0.15, -0.1) is 0 Å². The number of carboxylic acids is 1. The van der Waals surface area contributed by atoms with E-state index in [9.17, 15) is 13.6 Å². The van der Waals surface area contributed by atoms with E-state index in [1.54, 1.807) is 0 Å². The number of halogens is 2. The Hall–Kier alpha value is -1.33. The minimum atomic E-state index is -3.80. The Balaban J connectivity index is 3.92. The molecule has 4 N–H and O–H groups in total. The molecule has 0 rings (SSSR count). The van der Waals surface area contributed by atoms with E-state index >= 15 is 0 Å². The standard InChI is InChI=1S/C5H8F2N2O2/c1-3(8)9-2-5(6,7)4(10)11/h9H,1-2,8H2,(H,10,11). The number of aliphatic carboxylic acids is 1. The molecule has 0 aromatic rings. The third-order valence-electron chi connectivity index (χ3n) is 0.850. The minimum Gasteiger partial charge on any atom is -0.477 e. The van der Waals surface area contributed by atoms with Crippen molar-refractivity contribution in [2.24, 2.45) is 5.73 Å². The Morgan fingerprint density at radius 3 is 2.45 bits per heavy atom. The van der Waals surface area contributed by atoms with E-state index in [1.165, 1.54) is 0 Å². The second-order valence-corrected chi connectivity index (χ2v) is 1.89. The summed E-state index contributed by atoms with van der Waals surface area (Å²) in [6.07, 6.45) is 0. The average Bonchev–Trinajstić information content (AvgIpc) is 1.84. The van der Waals surface area contributed by atoms with E-state index in [0.29, 0.717) is 0 Å². The van der Waals surface area contributed by atoms with Crippen LogP contribution in [0.5, 0.6) is 0 Å². The molecule has 0 spiro atoms. The minimum absolute atomic E-state index is 0.189. The van der Waals surface area contributed by atoms with Gasteiger partial charge in [0.25, 0.3) is 0 Å². The second kappa shape index (κ2) is 3.18. The summed E-state index contributed by atoms with van der Waals surface area (Å²) < 4.78 is 24.3. The molecule has 0 amide bonds. The first-order valence-corrected chi connectivity index (χ1v) is 2.66. The number of rotatable bonds is 4. The first kappa shape index (κ1) is 9.67. The summed E-state index contributed by atoms with van der Waals surface area (Å²) in [4.78, 5) is 9.77. The van der Waals surface area contributed by atoms with Crippen LogP contribution in [-0.4, -0.2) is 23.5 Å². The van der Waals surface area contributed by atoms with Crippen LogP contribution in [0.15, 0.2) is 12.4 Å². The average molecular weight is 166 g/mol. The van der Waals surface area contributed by atoms with Crippen LogP contribution in [0, 0.1) is 0 Å². The normalized spacial score (nSPS) is 10.7. The second-order valence-electron chi connectivity index (χ2n) is 1.89. The molecule has 0 saturated carbocycles. The van der Waals surface area contributed by atoms with Gasteiger partial charge >= 0.3 is 11.9 Å². The largest absolute Gasteiger partial charge is 0.477 e. The van der Waals surface area contributed by atoms with Gasteiger partial charge in [0.05, 0.1) is 12.4 Å². The Labute approximate surface area is 61.7 Å². The zero-order chi connectivity index (χ0) is 9.07. The van der Waals surface area contributed by atoms with E-state index in [4.69, 9.17) is 10.8 Å². The number of hydrogen-bond acceptors (Lipinski definition) is 3. The molecule has 0 aliphatic heterocycles. The summed E-state index contributed by atoms with van der Waals surface area (Å²) in [7, 11) is 0. The van der Waals surface area contributed by atoms with Crippen LogP contribution in [0.2, 0.25) is 0 Å². The molecule has 0 aromatic carbocycles. The number of nitrogens with two attached hydrogens (primary N) is 1. The zero-order valence-corrected chi connectivity index (χ0v) is 5.60. The van der Waals surface area contributed by atoms with Gasteiger partial charge in [0.1, 0.15) is 0 Å². The van der Waals surface area contributed by atoms with Crippen LogP contribution in [0.3, 0.4) is 0 Å². The first-order valence-electron chi connectivity index (χ1n) is 2.66. The fraction of sp³-hybridized carbons (Fsp3) is 0.400. The highest BCUT2D eigenvalue weighted by Crippen LogP contribution is 2.11. The van der Waals surface area contributed by atoms with Crippen molar-refractivity contribution in [2.45, 2.75) is 5.92 Å². The molecule has 0 aliphatic carbocycles. The lowest BCUT2D eigenvalue weighted by molar-refractivity contribution is -0.163. The Bertz CT molecular complexity index is 181. The summed E-state index contributed by atoms with van der Waals surface area (Å²) in [5, 5.41) is 9.81. The molecule has 4 nitrogen and oxygen atoms in total. The molecular formula is C5H8F2N2O2. The zero-order valence-electron chi connectivity index (χ0n) is 5.60. The predicted molar refractivity (Wildman–Crippen MR) is 33.9 cm³/mol. The lowest BCUT2D eigenvalue weighted by Crippen LogP contribution is -2.40. The van der Waals surface area contributed by atoms with Gasteiger partial charge in [-0.3, -0.25) is 0 Å². The monoisotopic (exact) mass is 166 g/mol. The lowest BCUT2D eigenvalue weighted by atomic mass is 10.3. The number of carbonyl (C=O) groups is 1. The molecule has 0 radical (unpaired) electrons. The Kier molecular flexibility index (Phi) is 2.79. The van der Waals surface area contributed by atoms with Gasteiger partial charge in [0.15, 0.2) is 0 Å². The maximum atomic E-state index is 12.1. The summed E-state index contributed by atoms with van der Waals surface area (Å²) in [5.41, 5.74) is 4.87. The predicted octanol–water partition coefficient (Wildman–Crippen LogP) is -0.274. The Morgan fingerprint density at radius 2 is 2.18 bits per heavy atom. The highest BCUT2D eigenvalue weighted by Gasteiger charge is 2.38. The summed E-state index contributed by atoms with van der Waals surface area (Å²) in [6.45, 7) is 2.01. The maximum Gasteiger partial charge on any atom is 0.376 e. The van der Waals surface area contributed by atoms with E-state index in [0.717, 1.165) is 0 Å². The van der Waals surface area contributed by atoms with Gasteiger partial charge in [-0.05, 0) is 0 Å².